The second-order valence-electron chi connectivity index (χ2n) is 7.43. The van der Waals surface area contributed by atoms with E-state index >= 15 is 0 Å². The van der Waals surface area contributed by atoms with Crippen LogP contribution in [0, 0.1) is 35.0 Å². The average Bonchev–Trinajstić information content (AvgIpc) is 2.70. The SMILES string of the molecule is CC1CCC2C1C1C(CCC2(C)O)C1(C)CO. The van der Waals surface area contributed by atoms with Crippen LogP contribution in [0.2, 0.25) is 0 Å². The molecule has 3 fully saturated rings. The summed E-state index contributed by atoms with van der Waals surface area (Å²) in [5.74, 6) is 3.18. The first-order chi connectivity index (χ1) is 7.92. The van der Waals surface area contributed by atoms with Crippen LogP contribution in [0.3, 0.4) is 0 Å². The summed E-state index contributed by atoms with van der Waals surface area (Å²) < 4.78 is 0. The molecule has 0 saturated heterocycles. The Labute approximate surface area is 104 Å². The molecule has 3 rings (SSSR count). The largest absolute Gasteiger partial charge is 0.396 e. The molecule has 0 radical (unpaired) electrons. The zero-order valence-corrected chi connectivity index (χ0v) is 11.3. The quantitative estimate of drug-likeness (QED) is 0.736. The lowest BCUT2D eigenvalue weighted by molar-refractivity contribution is -0.0327. The van der Waals surface area contributed by atoms with Crippen LogP contribution in [0.5, 0.6) is 0 Å². The van der Waals surface area contributed by atoms with Crippen molar-refractivity contribution in [2.24, 2.45) is 35.0 Å². The fourth-order valence-electron chi connectivity index (χ4n) is 5.33. The van der Waals surface area contributed by atoms with E-state index in [0.717, 1.165) is 18.8 Å². The molecule has 3 aliphatic rings. The third kappa shape index (κ3) is 1.46. The van der Waals surface area contributed by atoms with E-state index in [-0.39, 0.29) is 5.41 Å². The molecule has 2 N–H and O–H groups in total. The van der Waals surface area contributed by atoms with Crippen molar-refractivity contribution in [1.82, 2.24) is 0 Å². The Morgan fingerprint density at radius 3 is 2.47 bits per heavy atom. The normalized spacial score (nSPS) is 61.6. The summed E-state index contributed by atoms with van der Waals surface area (Å²) in [6.45, 7) is 6.98. The van der Waals surface area contributed by atoms with Crippen molar-refractivity contribution in [1.29, 1.82) is 0 Å². The molecule has 0 aromatic rings. The van der Waals surface area contributed by atoms with Crippen LogP contribution >= 0.6 is 0 Å². The van der Waals surface area contributed by atoms with Gasteiger partial charge < -0.3 is 10.2 Å². The van der Waals surface area contributed by atoms with Crippen molar-refractivity contribution in [3.05, 3.63) is 0 Å². The van der Waals surface area contributed by atoms with Gasteiger partial charge in [-0.05, 0) is 61.2 Å². The molecule has 17 heavy (non-hydrogen) atoms. The zero-order chi connectivity index (χ0) is 12.4. The van der Waals surface area contributed by atoms with E-state index < -0.39 is 5.60 Å². The minimum absolute atomic E-state index is 0.165. The number of fused-ring (bicyclic) bond motifs is 3. The third-order valence-corrected chi connectivity index (χ3v) is 6.50. The Bertz CT molecular complexity index is 325. The van der Waals surface area contributed by atoms with Gasteiger partial charge in [-0.3, -0.25) is 0 Å². The summed E-state index contributed by atoms with van der Waals surface area (Å²) in [6, 6.07) is 0. The molecule has 7 atom stereocenters. The molecular weight excluding hydrogens is 212 g/mol. The lowest BCUT2D eigenvalue weighted by Gasteiger charge is -2.35. The van der Waals surface area contributed by atoms with Crippen LogP contribution in [0.1, 0.15) is 46.5 Å². The molecule has 7 unspecified atom stereocenters. The molecule has 0 aliphatic heterocycles. The van der Waals surface area contributed by atoms with E-state index in [2.05, 4.69) is 13.8 Å². The van der Waals surface area contributed by atoms with Gasteiger partial charge in [0.1, 0.15) is 0 Å². The van der Waals surface area contributed by atoms with Crippen molar-refractivity contribution in [3.63, 3.8) is 0 Å². The first kappa shape index (κ1) is 12.0. The van der Waals surface area contributed by atoms with Crippen molar-refractivity contribution in [3.8, 4) is 0 Å². The van der Waals surface area contributed by atoms with Gasteiger partial charge in [0.05, 0.1) is 5.60 Å². The molecule has 0 aromatic carbocycles. The number of aliphatic hydroxyl groups is 2. The standard InChI is InChI=1S/C15H26O2/c1-9-4-5-10-12(9)13-11(14(13,2)8-16)6-7-15(10,3)17/h9-13,16-17H,4-8H2,1-3H3. The fourth-order valence-corrected chi connectivity index (χ4v) is 5.33. The number of hydrogen-bond donors (Lipinski definition) is 2. The Balaban J connectivity index is 1.93. The predicted octanol–water partition coefficient (Wildman–Crippen LogP) is 2.44. The summed E-state index contributed by atoms with van der Waals surface area (Å²) in [6.07, 6.45) is 4.48. The number of hydrogen-bond acceptors (Lipinski definition) is 2. The first-order valence-corrected chi connectivity index (χ1v) is 7.25. The number of rotatable bonds is 1. The molecule has 3 saturated carbocycles. The molecule has 2 nitrogen and oxygen atoms in total. The Morgan fingerprint density at radius 2 is 1.82 bits per heavy atom. The minimum atomic E-state index is -0.459. The highest BCUT2D eigenvalue weighted by Gasteiger charge is 2.68. The Kier molecular flexibility index (Phi) is 2.45. The van der Waals surface area contributed by atoms with Gasteiger partial charge in [-0.15, -0.1) is 0 Å². The fraction of sp³-hybridized carbons (Fsp3) is 1.00. The van der Waals surface area contributed by atoms with Crippen LogP contribution in [0.25, 0.3) is 0 Å². The lowest BCUT2D eigenvalue weighted by Crippen LogP contribution is -2.38. The van der Waals surface area contributed by atoms with Gasteiger partial charge in [-0.25, -0.2) is 0 Å². The van der Waals surface area contributed by atoms with Crippen molar-refractivity contribution < 1.29 is 10.2 Å². The highest BCUT2D eigenvalue weighted by Crippen LogP contribution is 2.71. The maximum absolute atomic E-state index is 10.7. The third-order valence-electron chi connectivity index (χ3n) is 6.50. The van der Waals surface area contributed by atoms with E-state index in [1.165, 1.54) is 12.8 Å². The van der Waals surface area contributed by atoms with Gasteiger partial charge in [-0.2, -0.15) is 0 Å². The topological polar surface area (TPSA) is 40.5 Å². The van der Waals surface area contributed by atoms with E-state index in [1.54, 1.807) is 0 Å². The summed E-state index contributed by atoms with van der Waals surface area (Å²) in [4.78, 5) is 0. The van der Waals surface area contributed by atoms with Gasteiger partial charge in [-0.1, -0.05) is 20.3 Å². The van der Waals surface area contributed by atoms with Crippen LogP contribution in [0.4, 0.5) is 0 Å². The summed E-state index contributed by atoms with van der Waals surface area (Å²) in [5.41, 5.74) is -0.294. The molecule has 0 bridgehead atoms. The molecule has 0 spiro atoms. The summed E-state index contributed by atoms with van der Waals surface area (Å²) in [5, 5.41) is 20.3. The molecule has 0 amide bonds. The maximum Gasteiger partial charge on any atom is 0.0650 e. The van der Waals surface area contributed by atoms with Gasteiger partial charge in [0.2, 0.25) is 0 Å². The smallest absolute Gasteiger partial charge is 0.0650 e. The van der Waals surface area contributed by atoms with Crippen molar-refractivity contribution in [2.45, 2.75) is 52.1 Å². The highest BCUT2D eigenvalue weighted by atomic mass is 16.3. The van der Waals surface area contributed by atoms with Gasteiger partial charge in [0.25, 0.3) is 0 Å². The van der Waals surface area contributed by atoms with Gasteiger partial charge in [0, 0.05) is 6.61 Å². The molecular formula is C15H26O2. The van der Waals surface area contributed by atoms with E-state index in [4.69, 9.17) is 0 Å². The monoisotopic (exact) mass is 238 g/mol. The summed E-state index contributed by atoms with van der Waals surface area (Å²) >= 11 is 0. The number of aliphatic hydroxyl groups excluding tert-OH is 1. The van der Waals surface area contributed by atoms with E-state index in [1.807, 2.05) is 6.92 Å². The molecule has 2 heteroatoms. The van der Waals surface area contributed by atoms with Crippen molar-refractivity contribution in [2.75, 3.05) is 6.61 Å². The molecule has 0 heterocycles. The van der Waals surface area contributed by atoms with E-state index in [9.17, 15) is 10.2 Å². The van der Waals surface area contributed by atoms with Crippen molar-refractivity contribution >= 4 is 0 Å². The second-order valence-corrected chi connectivity index (χ2v) is 7.43. The van der Waals surface area contributed by atoms with Crippen LogP contribution in [-0.2, 0) is 0 Å². The molecule has 98 valence electrons. The Morgan fingerprint density at radius 1 is 1.12 bits per heavy atom. The summed E-state index contributed by atoms with van der Waals surface area (Å²) in [7, 11) is 0. The molecule has 3 aliphatic carbocycles. The zero-order valence-electron chi connectivity index (χ0n) is 11.3. The molecule has 0 aromatic heterocycles. The predicted molar refractivity (Wildman–Crippen MR) is 67.4 cm³/mol. The average molecular weight is 238 g/mol. The second kappa shape index (κ2) is 3.48. The van der Waals surface area contributed by atoms with Crippen LogP contribution in [0.15, 0.2) is 0 Å². The van der Waals surface area contributed by atoms with E-state index in [0.29, 0.717) is 30.3 Å². The maximum atomic E-state index is 10.7. The van der Waals surface area contributed by atoms with Crippen LogP contribution in [-0.4, -0.2) is 22.4 Å². The Hall–Kier alpha value is -0.0800. The minimum Gasteiger partial charge on any atom is -0.396 e. The lowest BCUT2D eigenvalue weighted by atomic mass is 9.74. The van der Waals surface area contributed by atoms with Gasteiger partial charge >= 0.3 is 0 Å². The first-order valence-electron chi connectivity index (χ1n) is 7.25. The van der Waals surface area contributed by atoms with Gasteiger partial charge in [0.15, 0.2) is 0 Å². The highest BCUT2D eigenvalue weighted by molar-refractivity contribution is 5.16. The van der Waals surface area contributed by atoms with Crippen LogP contribution < -0.4 is 0 Å².